The van der Waals surface area contributed by atoms with Crippen molar-refractivity contribution >= 4 is 11.6 Å². The Balaban J connectivity index is 2.17. The summed E-state index contributed by atoms with van der Waals surface area (Å²) in [4.78, 5) is 24.1. The van der Waals surface area contributed by atoms with Gasteiger partial charge in [-0.05, 0) is 45.8 Å². The van der Waals surface area contributed by atoms with Crippen molar-refractivity contribution in [2.24, 2.45) is 11.8 Å². The number of carbonyl (C=O) groups excluding carboxylic acids is 2. The van der Waals surface area contributed by atoms with Gasteiger partial charge in [-0.15, -0.1) is 0 Å². The third-order valence-corrected chi connectivity index (χ3v) is 4.46. The molecule has 3 heteroatoms. The monoisotopic (exact) mass is 258 g/mol. The molecule has 2 atom stereocenters. The third-order valence-electron chi connectivity index (χ3n) is 4.46. The van der Waals surface area contributed by atoms with Gasteiger partial charge in [0, 0.05) is 11.8 Å². The fourth-order valence-electron chi connectivity index (χ4n) is 3.45. The molecule has 0 fully saturated rings. The maximum atomic E-state index is 12.1. The number of hydrogen-bond acceptors (Lipinski definition) is 3. The van der Waals surface area contributed by atoms with E-state index in [1.165, 1.54) is 17.7 Å². The molecule has 1 heterocycles. The number of hydrogen-bond donors (Lipinski definition) is 0. The van der Waals surface area contributed by atoms with Gasteiger partial charge in [-0.25, -0.2) is 0 Å². The summed E-state index contributed by atoms with van der Waals surface area (Å²) in [5.41, 5.74) is 1.46. The molecular formula is C16H18O3. The van der Waals surface area contributed by atoms with Crippen LogP contribution >= 0.6 is 0 Å². The molecule has 0 saturated carbocycles. The van der Waals surface area contributed by atoms with Gasteiger partial charge >= 0.3 is 0 Å². The number of rotatable bonds is 0. The molecule has 0 unspecified atom stereocenters. The van der Waals surface area contributed by atoms with Gasteiger partial charge in [0.1, 0.15) is 5.60 Å². The van der Waals surface area contributed by atoms with Crippen molar-refractivity contribution in [2.45, 2.75) is 39.2 Å². The first-order valence-electron chi connectivity index (χ1n) is 6.77. The second-order valence-corrected chi connectivity index (χ2v) is 6.19. The summed E-state index contributed by atoms with van der Waals surface area (Å²) >= 11 is 0. The molecule has 0 spiro atoms. The van der Waals surface area contributed by atoms with Crippen molar-refractivity contribution in [3.8, 4) is 0 Å². The maximum absolute atomic E-state index is 12.1. The second-order valence-electron chi connectivity index (χ2n) is 6.19. The summed E-state index contributed by atoms with van der Waals surface area (Å²) in [6.45, 7) is 6.11. The van der Waals surface area contributed by atoms with E-state index in [0.29, 0.717) is 5.57 Å². The lowest BCUT2D eigenvalue weighted by molar-refractivity contribution is -0.127. The average Bonchev–Trinajstić information content (AvgIpc) is 2.33. The molecule has 0 saturated heterocycles. The third kappa shape index (κ3) is 1.79. The molecule has 0 radical (unpaired) electrons. The van der Waals surface area contributed by atoms with Crippen molar-refractivity contribution < 1.29 is 14.3 Å². The Kier molecular flexibility index (Phi) is 2.56. The average molecular weight is 258 g/mol. The first-order valence-corrected chi connectivity index (χ1v) is 6.77. The van der Waals surface area contributed by atoms with Crippen LogP contribution in [0.3, 0.4) is 0 Å². The molecule has 100 valence electrons. The Morgan fingerprint density at radius 1 is 1.21 bits per heavy atom. The van der Waals surface area contributed by atoms with Crippen LogP contribution in [-0.4, -0.2) is 17.2 Å². The molecule has 0 N–H and O–H groups in total. The minimum absolute atomic E-state index is 0.0221. The highest BCUT2D eigenvalue weighted by Crippen LogP contribution is 2.48. The quantitative estimate of drug-likeness (QED) is 0.495. The fourth-order valence-corrected chi connectivity index (χ4v) is 3.45. The Labute approximate surface area is 113 Å². The second kappa shape index (κ2) is 3.92. The smallest absolute Gasteiger partial charge is 0.220 e. The molecule has 2 aliphatic carbocycles. The van der Waals surface area contributed by atoms with Gasteiger partial charge in [0.25, 0.3) is 0 Å². The lowest BCUT2D eigenvalue weighted by atomic mass is 9.66. The van der Waals surface area contributed by atoms with Gasteiger partial charge in [0.05, 0.1) is 5.57 Å². The Morgan fingerprint density at radius 2 is 1.89 bits per heavy atom. The van der Waals surface area contributed by atoms with Crippen LogP contribution < -0.4 is 0 Å². The Bertz CT molecular complexity index is 561. The minimum Gasteiger partial charge on any atom is -0.483 e. The molecule has 0 aromatic carbocycles. The van der Waals surface area contributed by atoms with Crippen molar-refractivity contribution in [3.05, 3.63) is 35.1 Å². The van der Waals surface area contributed by atoms with Crippen LogP contribution in [0.25, 0.3) is 0 Å². The van der Waals surface area contributed by atoms with Gasteiger partial charge in [-0.3, -0.25) is 9.59 Å². The molecule has 1 aliphatic heterocycles. The van der Waals surface area contributed by atoms with E-state index in [9.17, 15) is 9.59 Å². The van der Waals surface area contributed by atoms with Crippen LogP contribution in [0.1, 0.15) is 33.6 Å². The summed E-state index contributed by atoms with van der Waals surface area (Å²) in [5, 5.41) is 0. The van der Waals surface area contributed by atoms with Crippen molar-refractivity contribution in [1.29, 1.82) is 0 Å². The molecule has 0 aromatic rings. The summed E-state index contributed by atoms with van der Waals surface area (Å²) in [7, 11) is 0. The van der Waals surface area contributed by atoms with Crippen LogP contribution in [-0.2, 0) is 14.3 Å². The van der Waals surface area contributed by atoms with Gasteiger partial charge in [-0.2, -0.15) is 0 Å². The number of fused-ring (bicyclic) bond motifs is 2. The number of ketones is 2. The zero-order chi connectivity index (χ0) is 13.8. The van der Waals surface area contributed by atoms with Crippen LogP contribution in [0, 0.1) is 11.8 Å². The predicted octanol–water partition coefficient (Wildman–Crippen LogP) is 2.73. The van der Waals surface area contributed by atoms with Crippen molar-refractivity contribution in [2.75, 3.05) is 0 Å². The van der Waals surface area contributed by atoms with E-state index in [1.54, 1.807) is 0 Å². The van der Waals surface area contributed by atoms with Crippen LogP contribution in [0.15, 0.2) is 35.1 Å². The normalized spacial score (nSPS) is 32.5. The standard InChI is InChI=1S/C16H18O3/c1-9-4-5-11-10(8-9)14-12(17)6-7-13(18)15(14)19-16(11,2)3/h6-8,10-11H,4-5H2,1-3H3/t10-,11+/m1/s1. The SMILES string of the molecule is CC1=C[C@H]2C3=C(OC(C)(C)[C@H]2CC1)C(=O)C=CC3=O. The molecule has 3 rings (SSSR count). The molecule has 3 nitrogen and oxygen atoms in total. The summed E-state index contributed by atoms with van der Waals surface area (Å²) in [6.07, 6.45) is 6.88. The summed E-state index contributed by atoms with van der Waals surface area (Å²) in [6, 6.07) is 0. The Hall–Kier alpha value is -1.64. The fraction of sp³-hybridized carbons (Fsp3) is 0.500. The highest BCUT2D eigenvalue weighted by atomic mass is 16.5. The first kappa shape index (κ1) is 12.4. The zero-order valence-corrected chi connectivity index (χ0v) is 11.5. The molecule has 19 heavy (non-hydrogen) atoms. The van der Waals surface area contributed by atoms with E-state index in [1.807, 2.05) is 13.8 Å². The Morgan fingerprint density at radius 3 is 2.63 bits per heavy atom. The number of carbonyl (C=O) groups is 2. The first-order chi connectivity index (χ1) is 8.90. The topological polar surface area (TPSA) is 43.4 Å². The van der Waals surface area contributed by atoms with Crippen molar-refractivity contribution in [3.63, 3.8) is 0 Å². The van der Waals surface area contributed by atoms with E-state index in [0.717, 1.165) is 12.8 Å². The molecular weight excluding hydrogens is 240 g/mol. The van der Waals surface area contributed by atoms with E-state index >= 15 is 0 Å². The predicted molar refractivity (Wildman–Crippen MR) is 71.3 cm³/mol. The van der Waals surface area contributed by atoms with Crippen LogP contribution in [0.4, 0.5) is 0 Å². The van der Waals surface area contributed by atoms with Gasteiger partial charge < -0.3 is 4.74 Å². The van der Waals surface area contributed by atoms with E-state index in [-0.39, 0.29) is 29.2 Å². The van der Waals surface area contributed by atoms with Crippen molar-refractivity contribution in [1.82, 2.24) is 0 Å². The molecule has 0 amide bonds. The maximum Gasteiger partial charge on any atom is 0.220 e. The summed E-state index contributed by atoms with van der Waals surface area (Å²) in [5.74, 6) is 0.292. The van der Waals surface area contributed by atoms with Gasteiger partial charge in [0.15, 0.2) is 11.5 Å². The van der Waals surface area contributed by atoms with Gasteiger partial charge in [-0.1, -0.05) is 11.6 Å². The lowest BCUT2D eigenvalue weighted by Crippen LogP contribution is -2.47. The van der Waals surface area contributed by atoms with E-state index in [2.05, 4.69) is 13.0 Å². The highest BCUT2D eigenvalue weighted by molar-refractivity contribution is 6.19. The number of allylic oxidation sites excluding steroid dienone is 5. The minimum atomic E-state index is -0.401. The highest BCUT2D eigenvalue weighted by Gasteiger charge is 2.48. The lowest BCUT2D eigenvalue weighted by Gasteiger charge is -2.46. The van der Waals surface area contributed by atoms with E-state index in [4.69, 9.17) is 4.74 Å². The zero-order valence-electron chi connectivity index (χ0n) is 11.5. The van der Waals surface area contributed by atoms with Gasteiger partial charge in [0.2, 0.25) is 5.78 Å². The summed E-state index contributed by atoms with van der Waals surface area (Å²) < 4.78 is 5.89. The van der Waals surface area contributed by atoms with Crippen LogP contribution in [0.5, 0.6) is 0 Å². The molecule has 0 bridgehead atoms. The van der Waals surface area contributed by atoms with Crippen LogP contribution in [0.2, 0.25) is 0 Å². The number of ether oxygens (including phenoxy) is 1. The largest absolute Gasteiger partial charge is 0.483 e. The molecule has 3 aliphatic rings. The molecule has 0 aromatic heterocycles. The van der Waals surface area contributed by atoms with E-state index < -0.39 is 5.60 Å².